The molecule has 4 nitrogen and oxygen atoms in total. The summed E-state index contributed by atoms with van der Waals surface area (Å²) >= 11 is 6.19. The molecule has 1 fully saturated rings. The highest BCUT2D eigenvalue weighted by atomic mass is 35.5. The van der Waals surface area contributed by atoms with Crippen molar-refractivity contribution in [2.24, 2.45) is 17.6 Å². The Morgan fingerprint density at radius 2 is 2.26 bits per heavy atom. The summed E-state index contributed by atoms with van der Waals surface area (Å²) in [5.41, 5.74) is 6.42. The second-order valence-electron chi connectivity index (χ2n) is 5.14. The van der Waals surface area contributed by atoms with Crippen LogP contribution in [0.5, 0.6) is 5.75 Å². The van der Waals surface area contributed by atoms with Crippen LogP contribution in [0.3, 0.4) is 0 Å². The molecule has 1 heterocycles. The van der Waals surface area contributed by atoms with Crippen LogP contribution in [-0.2, 0) is 11.3 Å². The van der Waals surface area contributed by atoms with Crippen molar-refractivity contribution in [2.45, 2.75) is 13.5 Å². The topological polar surface area (TPSA) is 55.6 Å². The van der Waals surface area contributed by atoms with Gasteiger partial charge in [0.2, 0.25) is 5.91 Å². The summed E-state index contributed by atoms with van der Waals surface area (Å²) in [4.78, 5) is 13.5. The average Bonchev–Trinajstić information content (AvgIpc) is 2.73. The van der Waals surface area contributed by atoms with Gasteiger partial charge in [0.25, 0.3) is 0 Å². The molecule has 1 aromatic carbocycles. The van der Waals surface area contributed by atoms with Crippen molar-refractivity contribution >= 4 is 17.5 Å². The van der Waals surface area contributed by atoms with E-state index in [1.807, 2.05) is 18.2 Å². The number of methoxy groups -OCH3 is 1. The predicted octanol–water partition coefficient (Wildman–Crippen LogP) is 1.90. The Kier molecular flexibility index (Phi) is 4.32. The smallest absolute Gasteiger partial charge is 0.222 e. The Balaban J connectivity index is 2.08. The third-order valence-electron chi connectivity index (χ3n) is 3.70. The van der Waals surface area contributed by atoms with Gasteiger partial charge in [-0.05, 0) is 29.7 Å². The summed E-state index contributed by atoms with van der Waals surface area (Å²) in [5, 5.41) is 0.718. The second-order valence-corrected chi connectivity index (χ2v) is 5.54. The lowest BCUT2D eigenvalue weighted by Gasteiger charge is -2.17. The molecular weight excluding hydrogens is 264 g/mol. The zero-order valence-corrected chi connectivity index (χ0v) is 12.0. The number of hydrogen-bond acceptors (Lipinski definition) is 3. The summed E-state index contributed by atoms with van der Waals surface area (Å²) in [7, 11) is 1.63. The van der Waals surface area contributed by atoms with Crippen molar-refractivity contribution in [2.75, 3.05) is 20.2 Å². The number of amides is 1. The standard InChI is InChI=1S/C14H19ClN2O2/c1-9-6-17(8-12(9)14(16)18)7-10-5-11(19-2)3-4-13(10)15/h3-5,9,12H,6-8H2,1-2H3,(H2,16,18)/t9-,12-/m1/s1. The van der Waals surface area contributed by atoms with Crippen LogP contribution >= 0.6 is 11.6 Å². The first-order chi connectivity index (χ1) is 9.01. The van der Waals surface area contributed by atoms with Gasteiger partial charge in [0.15, 0.2) is 0 Å². The Labute approximate surface area is 118 Å². The first-order valence-electron chi connectivity index (χ1n) is 6.35. The highest BCUT2D eigenvalue weighted by Gasteiger charge is 2.33. The molecule has 19 heavy (non-hydrogen) atoms. The van der Waals surface area contributed by atoms with Gasteiger partial charge in [0.1, 0.15) is 5.75 Å². The number of hydrogen-bond donors (Lipinski definition) is 1. The van der Waals surface area contributed by atoms with Gasteiger partial charge >= 0.3 is 0 Å². The normalized spacial score (nSPS) is 23.5. The quantitative estimate of drug-likeness (QED) is 0.918. The van der Waals surface area contributed by atoms with E-state index in [0.29, 0.717) is 19.0 Å². The van der Waals surface area contributed by atoms with E-state index in [2.05, 4.69) is 11.8 Å². The lowest BCUT2D eigenvalue weighted by molar-refractivity contribution is -0.122. The molecule has 2 rings (SSSR count). The molecule has 1 aliphatic rings. The molecule has 104 valence electrons. The fourth-order valence-electron chi connectivity index (χ4n) is 2.61. The zero-order valence-electron chi connectivity index (χ0n) is 11.2. The molecule has 2 atom stereocenters. The molecule has 0 radical (unpaired) electrons. The second kappa shape index (κ2) is 5.80. The van der Waals surface area contributed by atoms with Gasteiger partial charge in [-0.3, -0.25) is 9.69 Å². The van der Waals surface area contributed by atoms with E-state index in [1.54, 1.807) is 7.11 Å². The van der Waals surface area contributed by atoms with Crippen molar-refractivity contribution < 1.29 is 9.53 Å². The SMILES string of the molecule is COc1ccc(Cl)c(CN2C[C@@H](C)[C@H](C(N)=O)C2)c1. The van der Waals surface area contributed by atoms with Crippen LogP contribution in [0.25, 0.3) is 0 Å². The molecule has 2 N–H and O–H groups in total. The van der Waals surface area contributed by atoms with Gasteiger partial charge in [-0.2, -0.15) is 0 Å². The lowest BCUT2D eigenvalue weighted by atomic mass is 9.98. The van der Waals surface area contributed by atoms with Gasteiger partial charge in [-0.15, -0.1) is 0 Å². The summed E-state index contributed by atoms with van der Waals surface area (Å²) in [6.45, 7) is 4.33. The number of primary amides is 1. The Morgan fingerprint density at radius 1 is 1.53 bits per heavy atom. The van der Waals surface area contributed by atoms with Gasteiger partial charge in [-0.25, -0.2) is 0 Å². The number of halogens is 1. The molecule has 0 bridgehead atoms. The van der Waals surface area contributed by atoms with E-state index in [-0.39, 0.29) is 11.8 Å². The first kappa shape index (κ1) is 14.2. The van der Waals surface area contributed by atoms with Gasteiger partial charge in [0, 0.05) is 24.7 Å². The van der Waals surface area contributed by atoms with Crippen molar-refractivity contribution in [3.05, 3.63) is 28.8 Å². The molecule has 1 amide bonds. The maximum atomic E-state index is 11.3. The van der Waals surface area contributed by atoms with E-state index in [4.69, 9.17) is 22.1 Å². The van der Waals surface area contributed by atoms with E-state index in [1.165, 1.54) is 0 Å². The van der Waals surface area contributed by atoms with Crippen LogP contribution in [0, 0.1) is 11.8 Å². The molecular formula is C14H19ClN2O2. The number of benzene rings is 1. The number of ether oxygens (including phenoxy) is 1. The number of nitrogens with two attached hydrogens (primary N) is 1. The molecule has 1 saturated heterocycles. The molecule has 0 spiro atoms. The monoisotopic (exact) mass is 282 g/mol. The Hall–Kier alpha value is -1.26. The lowest BCUT2D eigenvalue weighted by Crippen LogP contribution is -2.29. The van der Waals surface area contributed by atoms with Crippen molar-refractivity contribution in [3.8, 4) is 5.75 Å². The predicted molar refractivity (Wildman–Crippen MR) is 75.1 cm³/mol. The van der Waals surface area contributed by atoms with E-state index in [9.17, 15) is 4.79 Å². The largest absolute Gasteiger partial charge is 0.497 e. The number of likely N-dealkylation sites (tertiary alicyclic amines) is 1. The van der Waals surface area contributed by atoms with Crippen molar-refractivity contribution in [1.82, 2.24) is 4.90 Å². The number of nitrogens with zero attached hydrogens (tertiary/aromatic N) is 1. The van der Waals surface area contributed by atoms with Crippen LogP contribution in [0.15, 0.2) is 18.2 Å². The number of rotatable bonds is 4. The van der Waals surface area contributed by atoms with Gasteiger partial charge in [0.05, 0.1) is 13.0 Å². The maximum absolute atomic E-state index is 11.3. The molecule has 1 aromatic rings. The van der Waals surface area contributed by atoms with Crippen LogP contribution in [0.1, 0.15) is 12.5 Å². The maximum Gasteiger partial charge on any atom is 0.222 e. The fraction of sp³-hybridized carbons (Fsp3) is 0.500. The summed E-state index contributed by atoms with van der Waals surface area (Å²) in [6.07, 6.45) is 0. The minimum Gasteiger partial charge on any atom is -0.497 e. The number of carbonyl (C=O) groups excluding carboxylic acids is 1. The molecule has 0 saturated carbocycles. The zero-order chi connectivity index (χ0) is 14.0. The molecule has 0 aliphatic carbocycles. The minimum atomic E-state index is -0.216. The third kappa shape index (κ3) is 3.19. The van der Waals surface area contributed by atoms with Gasteiger partial charge in [-0.1, -0.05) is 18.5 Å². The fourth-order valence-corrected chi connectivity index (χ4v) is 2.78. The summed E-state index contributed by atoms with van der Waals surface area (Å²) < 4.78 is 5.20. The van der Waals surface area contributed by atoms with Crippen molar-refractivity contribution in [3.63, 3.8) is 0 Å². The average molecular weight is 283 g/mol. The van der Waals surface area contributed by atoms with Gasteiger partial charge < -0.3 is 10.5 Å². The molecule has 5 heteroatoms. The highest BCUT2D eigenvalue weighted by Crippen LogP contribution is 2.28. The summed E-state index contributed by atoms with van der Waals surface area (Å²) in [6, 6.07) is 5.61. The van der Waals surface area contributed by atoms with Crippen LogP contribution < -0.4 is 10.5 Å². The molecule has 0 aromatic heterocycles. The van der Waals surface area contributed by atoms with E-state index >= 15 is 0 Å². The Bertz CT molecular complexity index is 479. The minimum absolute atomic E-state index is 0.0654. The van der Waals surface area contributed by atoms with Crippen LogP contribution in [0.2, 0.25) is 5.02 Å². The number of carbonyl (C=O) groups is 1. The molecule has 1 aliphatic heterocycles. The highest BCUT2D eigenvalue weighted by molar-refractivity contribution is 6.31. The summed E-state index contributed by atoms with van der Waals surface area (Å²) in [5.74, 6) is 0.802. The van der Waals surface area contributed by atoms with Crippen LogP contribution in [-0.4, -0.2) is 31.0 Å². The van der Waals surface area contributed by atoms with Crippen molar-refractivity contribution in [1.29, 1.82) is 0 Å². The third-order valence-corrected chi connectivity index (χ3v) is 4.07. The van der Waals surface area contributed by atoms with E-state index in [0.717, 1.165) is 22.9 Å². The first-order valence-corrected chi connectivity index (χ1v) is 6.73. The van der Waals surface area contributed by atoms with E-state index < -0.39 is 0 Å². The molecule has 0 unspecified atom stereocenters. The Morgan fingerprint density at radius 3 is 2.84 bits per heavy atom. The van der Waals surface area contributed by atoms with Crippen LogP contribution in [0.4, 0.5) is 0 Å².